The van der Waals surface area contributed by atoms with Gasteiger partial charge in [0, 0.05) is 10.8 Å². The summed E-state index contributed by atoms with van der Waals surface area (Å²) in [6.45, 7) is 13.3. The van der Waals surface area contributed by atoms with Crippen LogP contribution in [0.5, 0.6) is 0 Å². The van der Waals surface area contributed by atoms with Crippen molar-refractivity contribution in [2.45, 2.75) is 266 Å². The monoisotopic (exact) mass is 1270 g/mol. The van der Waals surface area contributed by atoms with E-state index >= 15 is 0 Å². The molecule has 0 aromatic heterocycles. The topological polar surface area (TPSA) is 456 Å². The fourth-order valence-electron chi connectivity index (χ4n) is 17.4. The van der Waals surface area contributed by atoms with Gasteiger partial charge in [-0.3, -0.25) is 0 Å². The molecule has 18 N–H and O–H groups in total. The van der Waals surface area contributed by atoms with Crippen LogP contribution in [0.2, 0.25) is 0 Å². The van der Waals surface area contributed by atoms with Crippen molar-refractivity contribution in [2.24, 2.45) is 50.2 Å². The molecule has 10 aliphatic rings. The zero-order chi connectivity index (χ0) is 64.4. The van der Waals surface area contributed by atoms with Crippen LogP contribution in [0.15, 0.2) is 23.8 Å². The van der Waals surface area contributed by atoms with E-state index in [4.69, 9.17) is 47.4 Å². The molecule has 5 aliphatic heterocycles. The normalized spacial score (nSPS) is 55.2. The molecule has 0 amide bonds. The Morgan fingerprint density at radius 2 is 0.966 bits per heavy atom. The number of aliphatic hydroxyl groups is 18. The minimum absolute atomic E-state index is 0.0465. The largest absolute Gasteiger partial charge is 0.394 e. The van der Waals surface area contributed by atoms with E-state index in [2.05, 4.69) is 46.8 Å². The third kappa shape index (κ3) is 11.4. The summed E-state index contributed by atoms with van der Waals surface area (Å²) in [6, 6.07) is 0. The van der Waals surface area contributed by atoms with Crippen molar-refractivity contribution < 1.29 is 139 Å². The van der Waals surface area contributed by atoms with Crippen molar-refractivity contribution in [3.63, 3.8) is 0 Å². The van der Waals surface area contributed by atoms with Crippen LogP contribution in [0.25, 0.3) is 0 Å². The van der Waals surface area contributed by atoms with E-state index in [0.717, 1.165) is 18.4 Å². The van der Waals surface area contributed by atoms with Gasteiger partial charge < -0.3 is 139 Å². The second-order valence-electron chi connectivity index (χ2n) is 28.9. The average molecular weight is 1270 g/mol. The molecular weight excluding hydrogens is 1170 g/mol. The predicted octanol–water partition coefficient (Wildman–Crippen LogP) is -4.99. The number of fused-ring (bicyclic) bond motifs is 7. The molecule has 28 heteroatoms. The van der Waals surface area contributed by atoms with Gasteiger partial charge in [-0.25, -0.2) is 0 Å². The summed E-state index contributed by atoms with van der Waals surface area (Å²) in [6.07, 6.45) is -34.0. The quantitative estimate of drug-likeness (QED) is 0.0539. The first-order valence-electron chi connectivity index (χ1n) is 31.1. The number of allylic oxidation sites excluding steroid dienone is 3. The van der Waals surface area contributed by atoms with E-state index in [0.29, 0.717) is 25.7 Å². The summed E-state index contributed by atoms with van der Waals surface area (Å²) in [5, 5.41) is 196. The summed E-state index contributed by atoms with van der Waals surface area (Å²) >= 11 is 0. The van der Waals surface area contributed by atoms with Crippen molar-refractivity contribution in [3.8, 4) is 0 Å². The standard InChI is InChI=1S/C60H98O28/c1-23-33(63)38(68)45(75)52(82-23)88-47-42(72)37(67)29(21-80-51-44(74)40(70)35(65)27(19-62)84-51)86-54(47)81-22-60-16-15-58(7)24(25(60)17-55(2,3)48(77)49(60)78)9-10-31-57(6)13-12-32(56(4,5)30(57)11-14-59(31,58)8)87-53-46(76)41(71)36(66)28(85-53)20-79-50-43(73)39(69)34(64)26(18-61)83-50/h9,15-16,23,25-54,61-78H,10-14,17-22H2,1-8H3. The third-order valence-corrected chi connectivity index (χ3v) is 23.2. The smallest absolute Gasteiger partial charge is 0.187 e. The molecule has 8 fully saturated rings. The first-order valence-corrected chi connectivity index (χ1v) is 31.1. The lowest BCUT2D eigenvalue weighted by molar-refractivity contribution is -0.373. The highest BCUT2D eigenvalue weighted by molar-refractivity contribution is 5.42. The van der Waals surface area contributed by atoms with Crippen molar-refractivity contribution in [3.05, 3.63) is 23.8 Å². The lowest BCUT2D eigenvalue weighted by atomic mass is 9.34. The molecule has 35 unspecified atom stereocenters. The molecule has 5 heterocycles. The third-order valence-electron chi connectivity index (χ3n) is 23.2. The fraction of sp³-hybridized carbons (Fsp3) is 0.933. The van der Waals surface area contributed by atoms with Gasteiger partial charge >= 0.3 is 0 Å². The van der Waals surface area contributed by atoms with Crippen LogP contribution < -0.4 is 0 Å². The van der Waals surface area contributed by atoms with Crippen molar-refractivity contribution in [2.75, 3.05) is 33.0 Å². The second kappa shape index (κ2) is 25.5. The van der Waals surface area contributed by atoms with E-state index in [1.54, 1.807) is 0 Å². The zero-order valence-electron chi connectivity index (χ0n) is 51.0. The second-order valence-corrected chi connectivity index (χ2v) is 28.9. The molecule has 28 nitrogen and oxygen atoms in total. The highest BCUT2D eigenvalue weighted by Crippen LogP contribution is 2.75. The Morgan fingerprint density at radius 1 is 0.477 bits per heavy atom. The summed E-state index contributed by atoms with van der Waals surface area (Å²) in [5.74, 6) is -0.369. The maximum Gasteiger partial charge on any atom is 0.187 e. The Kier molecular flexibility index (Phi) is 20.0. The van der Waals surface area contributed by atoms with Gasteiger partial charge in [-0.1, -0.05) is 72.3 Å². The van der Waals surface area contributed by atoms with Crippen LogP contribution in [0, 0.1) is 50.2 Å². The van der Waals surface area contributed by atoms with Gasteiger partial charge in [0.1, 0.15) is 116 Å². The Balaban J connectivity index is 0.890. The Labute approximate surface area is 510 Å². The van der Waals surface area contributed by atoms with Crippen molar-refractivity contribution in [1.29, 1.82) is 0 Å². The van der Waals surface area contributed by atoms with E-state index in [-0.39, 0.29) is 17.3 Å². The average Bonchev–Trinajstić information content (AvgIpc) is 0.755. The van der Waals surface area contributed by atoms with Gasteiger partial charge in [-0.2, -0.15) is 0 Å². The van der Waals surface area contributed by atoms with Crippen molar-refractivity contribution >= 4 is 0 Å². The van der Waals surface area contributed by atoms with E-state index in [9.17, 15) is 91.9 Å². The number of aliphatic hydroxyl groups excluding tert-OH is 18. The van der Waals surface area contributed by atoms with Gasteiger partial charge in [0.2, 0.25) is 0 Å². The van der Waals surface area contributed by atoms with Crippen LogP contribution in [-0.2, 0) is 47.4 Å². The minimum atomic E-state index is -1.93. The molecule has 88 heavy (non-hydrogen) atoms. The molecular formula is C60H98O28. The van der Waals surface area contributed by atoms with Gasteiger partial charge in [0.15, 0.2) is 31.5 Å². The van der Waals surface area contributed by atoms with Crippen LogP contribution in [0.3, 0.4) is 0 Å². The SMILES string of the molecule is CC1OC(OC2C(OCC34C=CC5(C)C(=CCC6C7(C)CCC(OC8OC(COC9OC(CO)C(O)C(O)C9O)C(O)C(O)C8O)C(C)(C)C7CCC65C)C3CC(C)(C)C(O)C4O)OC(COC3OC(CO)C(O)C(O)C3O)C(O)C2O)C(O)C(O)C1O. The lowest BCUT2D eigenvalue weighted by Gasteiger charge is -2.70. The summed E-state index contributed by atoms with van der Waals surface area (Å²) in [4.78, 5) is 0. The predicted molar refractivity (Wildman–Crippen MR) is 297 cm³/mol. The first-order chi connectivity index (χ1) is 41.1. The lowest BCUT2D eigenvalue weighted by Crippen LogP contribution is -2.67. The molecule has 0 spiro atoms. The summed E-state index contributed by atoms with van der Waals surface area (Å²) in [7, 11) is 0. The van der Waals surface area contributed by atoms with Crippen LogP contribution >= 0.6 is 0 Å². The van der Waals surface area contributed by atoms with Crippen LogP contribution in [0.4, 0.5) is 0 Å². The number of ether oxygens (including phenoxy) is 10. The Hall–Kier alpha value is -1.64. The van der Waals surface area contributed by atoms with Crippen molar-refractivity contribution in [1.82, 2.24) is 0 Å². The first kappa shape index (κ1) is 69.2. The van der Waals surface area contributed by atoms with E-state index in [1.165, 1.54) is 6.92 Å². The van der Waals surface area contributed by atoms with Gasteiger partial charge in [0.25, 0.3) is 0 Å². The molecule has 0 radical (unpaired) electrons. The molecule has 35 atom stereocenters. The molecule has 0 aromatic carbocycles. The fourth-order valence-corrected chi connectivity index (χ4v) is 17.4. The Morgan fingerprint density at radius 3 is 1.52 bits per heavy atom. The molecule has 506 valence electrons. The van der Waals surface area contributed by atoms with Gasteiger partial charge in [-0.15, -0.1) is 0 Å². The highest BCUT2D eigenvalue weighted by Gasteiger charge is 2.70. The summed E-state index contributed by atoms with van der Waals surface area (Å²) in [5.41, 5.74) is -3.13. The Bertz CT molecular complexity index is 2450. The molecule has 5 aliphatic carbocycles. The molecule has 0 bridgehead atoms. The number of rotatable bonds is 15. The highest BCUT2D eigenvalue weighted by atomic mass is 16.8. The maximum atomic E-state index is 12.7. The summed E-state index contributed by atoms with van der Waals surface area (Å²) < 4.78 is 60.1. The maximum absolute atomic E-state index is 12.7. The minimum Gasteiger partial charge on any atom is -0.394 e. The molecule has 0 aromatic rings. The van der Waals surface area contributed by atoms with E-state index < -0.39 is 238 Å². The molecule has 10 rings (SSSR count). The van der Waals surface area contributed by atoms with Gasteiger partial charge in [-0.05, 0) is 84.9 Å². The number of hydrogen-bond donors (Lipinski definition) is 18. The van der Waals surface area contributed by atoms with Crippen LogP contribution in [0.1, 0.15) is 93.9 Å². The number of hydrogen-bond acceptors (Lipinski definition) is 28. The molecule has 5 saturated heterocycles. The molecule has 3 saturated carbocycles. The van der Waals surface area contributed by atoms with E-state index in [1.807, 2.05) is 19.9 Å². The van der Waals surface area contributed by atoms with Gasteiger partial charge in [0.05, 0.1) is 57.5 Å². The zero-order valence-corrected chi connectivity index (χ0v) is 51.0. The van der Waals surface area contributed by atoms with Crippen LogP contribution in [-0.4, -0.2) is 297 Å².